The molecular weight excluding hydrogens is 346 g/mol. The monoisotopic (exact) mass is 359 g/mol. The first kappa shape index (κ1) is 16.3. The van der Waals surface area contributed by atoms with Crippen LogP contribution in [0.15, 0.2) is 54.0 Å². The van der Waals surface area contributed by atoms with Crippen LogP contribution in [0, 0.1) is 0 Å². The zero-order valence-electron chi connectivity index (χ0n) is 12.4. The van der Waals surface area contributed by atoms with Crippen molar-refractivity contribution < 1.29 is 14.3 Å². The Morgan fingerprint density at radius 3 is 2.79 bits per heavy atom. The Bertz CT molecular complexity index is 867. The van der Waals surface area contributed by atoms with Crippen LogP contribution in [0.25, 0.3) is 10.2 Å². The molecule has 122 valence electrons. The van der Waals surface area contributed by atoms with E-state index in [4.69, 9.17) is 4.74 Å². The van der Waals surface area contributed by atoms with Crippen molar-refractivity contribution in [3.05, 3.63) is 54.0 Å². The van der Waals surface area contributed by atoms with Crippen molar-refractivity contribution in [3.63, 3.8) is 0 Å². The van der Waals surface area contributed by atoms with E-state index in [1.807, 2.05) is 6.07 Å². The number of aromatic nitrogens is 1. The minimum Gasteiger partial charge on any atom is -0.484 e. The Morgan fingerprint density at radius 2 is 2.00 bits per heavy atom. The van der Waals surface area contributed by atoms with Gasteiger partial charge in [-0.2, -0.15) is 0 Å². The van der Waals surface area contributed by atoms with Gasteiger partial charge < -0.3 is 4.74 Å². The third-order valence-corrected chi connectivity index (χ3v) is 4.32. The first-order chi connectivity index (χ1) is 11.6. The number of carbonyl (C=O) groups is 2. The van der Waals surface area contributed by atoms with E-state index in [1.54, 1.807) is 48.0 Å². The number of ether oxygens (including phenoxy) is 1. The number of anilines is 1. The highest BCUT2D eigenvalue weighted by molar-refractivity contribution is 7.82. The number of para-hydroxylation sites is 1. The van der Waals surface area contributed by atoms with Crippen LogP contribution in [0.5, 0.6) is 5.75 Å². The van der Waals surface area contributed by atoms with E-state index in [0.29, 0.717) is 11.4 Å². The summed E-state index contributed by atoms with van der Waals surface area (Å²) in [7, 11) is 0. The SMILES string of the molecule is O=C(COc1ccccc1)NC(=O)N(S)c1ccc2ncsc2c1. The molecule has 0 bridgehead atoms. The Hall–Kier alpha value is -2.58. The minimum absolute atomic E-state index is 0.259. The summed E-state index contributed by atoms with van der Waals surface area (Å²) >= 11 is 5.61. The number of urea groups is 1. The van der Waals surface area contributed by atoms with Gasteiger partial charge in [-0.25, -0.2) is 14.1 Å². The maximum Gasteiger partial charge on any atom is 0.338 e. The molecule has 0 aliphatic heterocycles. The van der Waals surface area contributed by atoms with Crippen molar-refractivity contribution in [1.29, 1.82) is 0 Å². The highest BCUT2D eigenvalue weighted by Gasteiger charge is 2.16. The second-order valence-electron chi connectivity index (χ2n) is 4.77. The predicted molar refractivity (Wildman–Crippen MR) is 96.6 cm³/mol. The topological polar surface area (TPSA) is 71.5 Å². The van der Waals surface area contributed by atoms with Gasteiger partial charge in [0.15, 0.2) is 6.61 Å². The maximum atomic E-state index is 12.1. The van der Waals surface area contributed by atoms with E-state index < -0.39 is 11.9 Å². The highest BCUT2D eigenvalue weighted by atomic mass is 32.1. The summed E-state index contributed by atoms with van der Waals surface area (Å²) < 4.78 is 7.28. The normalized spacial score (nSPS) is 10.4. The molecule has 0 atom stereocenters. The molecule has 3 amide bonds. The molecule has 1 N–H and O–H groups in total. The predicted octanol–water partition coefficient (Wildman–Crippen LogP) is 3.26. The van der Waals surface area contributed by atoms with Gasteiger partial charge in [0.2, 0.25) is 0 Å². The summed E-state index contributed by atoms with van der Waals surface area (Å²) in [4.78, 5) is 28.1. The lowest BCUT2D eigenvalue weighted by molar-refractivity contribution is -0.121. The van der Waals surface area contributed by atoms with Gasteiger partial charge in [0.1, 0.15) is 5.75 Å². The quantitative estimate of drug-likeness (QED) is 0.702. The van der Waals surface area contributed by atoms with Gasteiger partial charge in [0.05, 0.1) is 21.4 Å². The van der Waals surface area contributed by atoms with Gasteiger partial charge in [0, 0.05) is 0 Å². The number of thiazole rings is 1. The maximum absolute atomic E-state index is 12.1. The summed E-state index contributed by atoms with van der Waals surface area (Å²) in [5.41, 5.74) is 3.12. The number of fused-ring (bicyclic) bond motifs is 1. The number of benzene rings is 2. The van der Waals surface area contributed by atoms with E-state index in [0.717, 1.165) is 14.5 Å². The molecule has 0 unspecified atom stereocenters. The molecule has 0 saturated heterocycles. The van der Waals surface area contributed by atoms with Gasteiger partial charge in [0.25, 0.3) is 5.91 Å². The number of hydrogen-bond donors (Lipinski definition) is 2. The molecule has 24 heavy (non-hydrogen) atoms. The average molecular weight is 359 g/mol. The fourth-order valence-corrected chi connectivity index (χ4v) is 2.85. The number of amides is 3. The van der Waals surface area contributed by atoms with Crippen molar-refractivity contribution in [2.75, 3.05) is 10.9 Å². The molecule has 2 aromatic carbocycles. The Balaban J connectivity index is 1.58. The third kappa shape index (κ3) is 3.84. The van der Waals surface area contributed by atoms with Crippen LogP contribution in [-0.4, -0.2) is 23.5 Å². The van der Waals surface area contributed by atoms with Gasteiger partial charge >= 0.3 is 6.03 Å². The summed E-state index contributed by atoms with van der Waals surface area (Å²) in [6.07, 6.45) is 0. The smallest absolute Gasteiger partial charge is 0.338 e. The van der Waals surface area contributed by atoms with E-state index in [2.05, 4.69) is 23.1 Å². The molecule has 1 aromatic heterocycles. The molecule has 0 radical (unpaired) electrons. The number of nitrogens with one attached hydrogen (secondary N) is 1. The summed E-state index contributed by atoms with van der Waals surface area (Å²) in [5, 5.41) is 2.22. The van der Waals surface area contributed by atoms with Crippen molar-refractivity contribution in [1.82, 2.24) is 10.3 Å². The van der Waals surface area contributed by atoms with Crippen LogP contribution in [0.1, 0.15) is 0 Å². The van der Waals surface area contributed by atoms with Crippen LogP contribution < -0.4 is 14.4 Å². The van der Waals surface area contributed by atoms with Crippen LogP contribution in [0.2, 0.25) is 0 Å². The molecule has 0 spiro atoms. The number of nitrogens with zero attached hydrogens (tertiary/aromatic N) is 2. The fourth-order valence-electron chi connectivity index (χ4n) is 1.97. The number of rotatable bonds is 4. The summed E-state index contributed by atoms with van der Waals surface area (Å²) in [6.45, 7) is -0.259. The minimum atomic E-state index is -0.649. The summed E-state index contributed by atoms with van der Waals surface area (Å²) in [6, 6.07) is 13.5. The van der Waals surface area contributed by atoms with E-state index in [9.17, 15) is 9.59 Å². The van der Waals surface area contributed by atoms with Crippen molar-refractivity contribution in [3.8, 4) is 5.75 Å². The van der Waals surface area contributed by atoms with Gasteiger partial charge in [-0.15, -0.1) is 11.3 Å². The number of imide groups is 1. The third-order valence-electron chi connectivity index (χ3n) is 3.11. The molecular formula is C16H13N3O3S2. The first-order valence-corrected chi connectivity index (χ1v) is 8.25. The molecule has 8 heteroatoms. The lowest BCUT2D eigenvalue weighted by atomic mass is 10.3. The molecule has 6 nitrogen and oxygen atoms in total. The lowest BCUT2D eigenvalue weighted by Gasteiger charge is -2.16. The second-order valence-corrected chi connectivity index (χ2v) is 6.06. The average Bonchev–Trinajstić information content (AvgIpc) is 3.07. The number of hydrogen-bond acceptors (Lipinski definition) is 6. The van der Waals surface area contributed by atoms with Gasteiger partial charge in [-0.1, -0.05) is 31.0 Å². The van der Waals surface area contributed by atoms with Crippen LogP contribution in [0.3, 0.4) is 0 Å². The molecule has 0 fully saturated rings. The zero-order chi connectivity index (χ0) is 16.9. The van der Waals surface area contributed by atoms with Gasteiger partial charge in [-0.3, -0.25) is 10.1 Å². The zero-order valence-corrected chi connectivity index (χ0v) is 14.1. The van der Waals surface area contributed by atoms with Crippen LogP contribution in [0.4, 0.5) is 10.5 Å². The lowest BCUT2D eigenvalue weighted by Crippen LogP contribution is -2.40. The highest BCUT2D eigenvalue weighted by Crippen LogP contribution is 2.25. The Labute approximate surface area is 147 Å². The van der Waals surface area contributed by atoms with E-state index in [1.165, 1.54) is 11.3 Å². The molecule has 1 heterocycles. The van der Waals surface area contributed by atoms with Crippen molar-refractivity contribution >= 4 is 52.0 Å². The van der Waals surface area contributed by atoms with Crippen molar-refractivity contribution in [2.45, 2.75) is 0 Å². The molecule has 0 saturated carbocycles. The summed E-state index contributed by atoms with van der Waals surface area (Å²) in [5.74, 6) is 0.000229. The molecule has 3 rings (SSSR count). The molecule has 0 aliphatic rings. The van der Waals surface area contributed by atoms with Crippen molar-refractivity contribution in [2.24, 2.45) is 0 Å². The largest absolute Gasteiger partial charge is 0.484 e. The van der Waals surface area contributed by atoms with Gasteiger partial charge in [-0.05, 0) is 30.3 Å². The standard InChI is InChI=1S/C16H13N3O3S2/c20-15(9-22-12-4-2-1-3-5-12)18-16(21)19(23)11-6-7-13-14(8-11)24-10-17-13/h1-8,10,23H,9H2,(H,18,20,21). The Kier molecular flexibility index (Phi) is 4.97. The number of carbonyl (C=O) groups excluding carboxylic acids is 2. The van der Waals surface area contributed by atoms with E-state index >= 15 is 0 Å². The first-order valence-electron chi connectivity index (χ1n) is 6.97. The second kappa shape index (κ2) is 7.33. The fraction of sp³-hybridized carbons (Fsp3) is 0.0625. The van der Waals surface area contributed by atoms with Crippen LogP contribution in [-0.2, 0) is 4.79 Å². The van der Waals surface area contributed by atoms with E-state index in [-0.39, 0.29) is 6.61 Å². The Morgan fingerprint density at radius 1 is 1.21 bits per heavy atom. The molecule has 0 aliphatic carbocycles. The van der Waals surface area contributed by atoms with Crippen LogP contribution >= 0.6 is 24.2 Å². The number of thiol groups is 1. The molecule has 3 aromatic rings.